The van der Waals surface area contributed by atoms with Gasteiger partial charge in [0, 0.05) is 24.2 Å². The number of carbonyl (C=O) groups excluding carboxylic acids is 1. The molecule has 3 aromatic heterocycles. The van der Waals surface area contributed by atoms with Gasteiger partial charge in [0.15, 0.2) is 0 Å². The maximum atomic E-state index is 11.4. The van der Waals surface area contributed by atoms with E-state index >= 15 is 0 Å². The van der Waals surface area contributed by atoms with Crippen molar-refractivity contribution in [3.63, 3.8) is 0 Å². The van der Waals surface area contributed by atoms with Crippen molar-refractivity contribution in [2.45, 2.75) is 12.1 Å². The van der Waals surface area contributed by atoms with Gasteiger partial charge in [0.1, 0.15) is 0 Å². The van der Waals surface area contributed by atoms with Crippen LogP contribution in [0.15, 0.2) is 41.9 Å². The standard InChI is InChI=1S/C14H13N5O2S/c1-2-21-12(20)9-22-14-17-13-16-8-5-11(19(13)18-14)10-3-6-15-7-4-10/h3-8H,2,9H2,1H3. The van der Waals surface area contributed by atoms with E-state index in [9.17, 15) is 4.79 Å². The predicted octanol–water partition coefficient (Wildman–Crippen LogP) is 1.84. The number of esters is 1. The van der Waals surface area contributed by atoms with Crippen LogP contribution in [0.25, 0.3) is 17.0 Å². The zero-order valence-electron chi connectivity index (χ0n) is 11.8. The van der Waals surface area contributed by atoms with Gasteiger partial charge in [-0.3, -0.25) is 9.78 Å². The number of pyridine rings is 1. The molecule has 22 heavy (non-hydrogen) atoms. The Kier molecular flexibility index (Phi) is 4.29. The van der Waals surface area contributed by atoms with Crippen LogP contribution in [-0.4, -0.2) is 42.9 Å². The van der Waals surface area contributed by atoms with Gasteiger partial charge >= 0.3 is 5.97 Å². The molecule has 0 saturated heterocycles. The number of thioether (sulfide) groups is 1. The molecule has 0 saturated carbocycles. The van der Waals surface area contributed by atoms with Gasteiger partial charge in [0.05, 0.1) is 18.1 Å². The van der Waals surface area contributed by atoms with Crippen molar-refractivity contribution >= 4 is 23.5 Å². The van der Waals surface area contributed by atoms with E-state index in [-0.39, 0.29) is 11.7 Å². The summed E-state index contributed by atoms with van der Waals surface area (Å²) in [7, 11) is 0. The first-order valence-electron chi connectivity index (χ1n) is 6.68. The summed E-state index contributed by atoms with van der Waals surface area (Å²) in [6.45, 7) is 2.14. The minimum atomic E-state index is -0.284. The summed E-state index contributed by atoms with van der Waals surface area (Å²) in [5, 5.41) is 4.89. The summed E-state index contributed by atoms with van der Waals surface area (Å²) in [5.41, 5.74) is 1.83. The molecule has 3 heterocycles. The van der Waals surface area contributed by atoms with Gasteiger partial charge in [-0.25, -0.2) is 4.98 Å². The quantitative estimate of drug-likeness (QED) is 0.525. The molecule has 0 aliphatic heterocycles. The second-order valence-electron chi connectivity index (χ2n) is 4.27. The average molecular weight is 315 g/mol. The fourth-order valence-electron chi connectivity index (χ4n) is 1.90. The maximum Gasteiger partial charge on any atom is 0.316 e. The smallest absolute Gasteiger partial charge is 0.316 e. The number of hydrogen-bond donors (Lipinski definition) is 0. The molecule has 0 unspecified atom stereocenters. The SMILES string of the molecule is CCOC(=O)CSc1nc2nccc(-c3ccncc3)n2n1. The molecule has 0 aliphatic carbocycles. The third kappa shape index (κ3) is 3.06. The molecule has 0 spiro atoms. The minimum absolute atomic E-state index is 0.176. The van der Waals surface area contributed by atoms with Gasteiger partial charge in [0.25, 0.3) is 5.78 Å². The molecule has 0 atom stereocenters. The molecular formula is C14H13N5O2S. The van der Waals surface area contributed by atoms with Crippen molar-refractivity contribution in [2.75, 3.05) is 12.4 Å². The lowest BCUT2D eigenvalue weighted by Gasteiger charge is -2.02. The number of ether oxygens (including phenoxy) is 1. The van der Waals surface area contributed by atoms with E-state index in [1.54, 1.807) is 30.0 Å². The van der Waals surface area contributed by atoms with Crippen LogP contribution >= 0.6 is 11.8 Å². The zero-order chi connectivity index (χ0) is 15.4. The van der Waals surface area contributed by atoms with Crippen molar-refractivity contribution in [1.29, 1.82) is 0 Å². The summed E-state index contributed by atoms with van der Waals surface area (Å²) in [6, 6.07) is 5.64. The van der Waals surface area contributed by atoms with Crippen LogP contribution in [0.2, 0.25) is 0 Å². The number of rotatable bonds is 5. The molecule has 8 heteroatoms. The van der Waals surface area contributed by atoms with Crippen molar-refractivity contribution < 1.29 is 9.53 Å². The lowest BCUT2D eigenvalue weighted by molar-refractivity contribution is -0.139. The lowest BCUT2D eigenvalue weighted by atomic mass is 10.2. The topological polar surface area (TPSA) is 82.3 Å². The van der Waals surface area contributed by atoms with Crippen LogP contribution in [-0.2, 0) is 9.53 Å². The molecule has 0 amide bonds. The molecule has 3 aromatic rings. The highest BCUT2D eigenvalue weighted by molar-refractivity contribution is 7.99. The summed E-state index contributed by atoms with van der Waals surface area (Å²) >= 11 is 1.23. The summed E-state index contributed by atoms with van der Waals surface area (Å²) in [6.07, 6.45) is 5.11. The van der Waals surface area contributed by atoms with Gasteiger partial charge in [0.2, 0.25) is 5.16 Å². The average Bonchev–Trinajstić information content (AvgIpc) is 2.97. The maximum absolute atomic E-state index is 11.4. The van der Waals surface area contributed by atoms with E-state index < -0.39 is 0 Å². The van der Waals surface area contributed by atoms with Crippen molar-refractivity contribution in [1.82, 2.24) is 24.6 Å². The molecule has 112 valence electrons. The van der Waals surface area contributed by atoms with E-state index in [4.69, 9.17) is 4.74 Å². The van der Waals surface area contributed by atoms with Crippen LogP contribution in [0.3, 0.4) is 0 Å². The molecular weight excluding hydrogens is 302 g/mol. The van der Waals surface area contributed by atoms with Gasteiger partial charge < -0.3 is 4.74 Å². The number of fused-ring (bicyclic) bond motifs is 1. The van der Waals surface area contributed by atoms with Crippen molar-refractivity contribution in [2.24, 2.45) is 0 Å². The molecule has 7 nitrogen and oxygen atoms in total. The van der Waals surface area contributed by atoms with Gasteiger partial charge in [-0.2, -0.15) is 9.50 Å². The summed E-state index contributed by atoms with van der Waals surface area (Å²) in [5.74, 6) is 0.379. The first-order chi connectivity index (χ1) is 10.8. The minimum Gasteiger partial charge on any atom is -0.465 e. The highest BCUT2D eigenvalue weighted by atomic mass is 32.2. The Morgan fingerprint density at radius 1 is 1.27 bits per heavy atom. The molecule has 3 rings (SSSR count). The van der Waals surface area contributed by atoms with Crippen LogP contribution in [0.4, 0.5) is 0 Å². The van der Waals surface area contributed by atoms with Crippen LogP contribution in [0.1, 0.15) is 6.92 Å². The van der Waals surface area contributed by atoms with E-state index in [0.717, 1.165) is 11.3 Å². The van der Waals surface area contributed by atoms with Crippen molar-refractivity contribution in [3.05, 3.63) is 36.8 Å². The van der Waals surface area contributed by atoms with E-state index in [0.29, 0.717) is 17.5 Å². The summed E-state index contributed by atoms with van der Waals surface area (Å²) in [4.78, 5) is 23.9. The Balaban J connectivity index is 1.89. The van der Waals surface area contributed by atoms with Gasteiger partial charge in [-0.15, -0.1) is 5.10 Å². The zero-order valence-corrected chi connectivity index (χ0v) is 12.7. The van der Waals surface area contributed by atoms with E-state index in [2.05, 4.69) is 20.1 Å². The second-order valence-corrected chi connectivity index (χ2v) is 5.21. The second kappa shape index (κ2) is 6.52. The Morgan fingerprint density at radius 3 is 2.86 bits per heavy atom. The van der Waals surface area contributed by atoms with Crippen molar-refractivity contribution in [3.8, 4) is 11.3 Å². The number of nitrogens with zero attached hydrogens (tertiary/aromatic N) is 5. The van der Waals surface area contributed by atoms with Gasteiger partial charge in [-0.05, 0) is 25.1 Å². The normalized spacial score (nSPS) is 10.8. The van der Waals surface area contributed by atoms with Crippen LogP contribution in [0.5, 0.6) is 0 Å². The highest BCUT2D eigenvalue weighted by Crippen LogP contribution is 2.20. The van der Waals surface area contributed by atoms with Crippen LogP contribution < -0.4 is 0 Å². The van der Waals surface area contributed by atoms with Gasteiger partial charge in [-0.1, -0.05) is 11.8 Å². The molecule has 0 fully saturated rings. The Hall–Kier alpha value is -2.48. The number of aromatic nitrogens is 5. The molecule has 0 bridgehead atoms. The fourth-order valence-corrected chi connectivity index (χ4v) is 2.52. The molecule has 0 aliphatic rings. The molecule has 0 N–H and O–H groups in total. The third-order valence-electron chi connectivity index (χ3n) is 2.82. The first-order valence-corrected chi connectivity index (χ1v) is 7.67. The molecule has 0 radical (unpaired) electrons. The number of carbonyl (C=O) groups is 1. The Morgan fingerprint density at radius 2 is 2.09 bits per heavy atom. The predicted molar refractivity (Wildman–Crippen MR) is 81.4 cm³/mol. The van der Waals surface area contributed by atoms with E-state index in [1.165, 1.54) is 11.8 Å². The largest absolute Gasteiger partial charge is 0.465 e. The van der Waals surface area contributed by atoms with E-state index in [1.807, 2.05) is 18.2 Å². The molecule has 0 aromatic carbocycles. The summed E-state index contributed by atoms with van der Waals surface area (Å²) < 4.78 is 6.54. The first kappa shape index (κ1) is 14.5. The monoisotopic (exact) mass is 315 g/mol. The fraction of sp³-hybridized carbons (Fsp3) is 0.214. The Bertz CT molecular complexity index is 790. The Labute approximate surface area is 130 Å². The van der Waals surface area contributed by atoms with Crippen LogP contribution in [0, 0.1) is 0 Å². The lowest BCUT2D eigenvalue weighted by Crippen LogP contribution is -2.06. The third-order valence-corrected chi connectivity index (χ3v) is 3.63. The number of hydrogen-bond acceptors (Lipinski definition) is 7. The highest BCUT2D eigenvalue weighted by Gasteiger charge is 2.12.